The van der Waals surface area contributed by atoms with Crippen molar-refractivity contribution >= 4 is 22.7 Å². The Kier molecular flexibility index (Phi) is 4.79. The number of rotatable bonds is 6. The highest BCUT2D eigenvalue weighted by atomic mass is 16.5. The molecule has 0 aliphatic carbocycles. The Morgan fingerprint density at radius 3 is 2.75 bits per heavy atom. The number of amides is 1. The monoisotopic (exact) mass is 324 g/mol. The topological polar surface area (TPSA) is 64.4 Å². The first-order chi connectivity index (χ1) is 11.7. The van der Waals surface area contributed by atoms with Crippen molar-refractivity contribution in [2.24, 2.45) is 0 Å². The second kappa shape index (κ2) is 7.17. The molecule has 0 bridgehead atoms. The maximum atomic E-state index is 12.3. The van der Waals surface area contributed by atoms with Gasteiger partial charge in [-0.25, -0.2) is 4.98 Å². The van der Waals surface area contributed by atoms with E-state index in [1.54, 1.807) is 37.3 Å². The third kappa shape index (κ3) is 3.74. The summed E-state index contributed by atoms with van der Waals surface area (Å²) in [6.07, 6.45) is 2.11. The van der Waals surface area contributed by atoms with Crippen LogP contribution in [0.1, 0.15) is 36.0 Å². The SMILES string of the molecule is CCCCOc1ccc(C(=O)Nc2ccc3oc(C)nc3c2)cc1. The molecule has 3 aromatic rings. The van der Waals surface area contributed by atoms with Crippen LogP contribution in [0, 0.1) is 6.92 Å². The van der Waals surface area contributed by atoms with E-state index in [0.29, 0.717) is 29.3 Å². The summed E-state index contributed by atoms with van der Waals surface area (Å²) in [5.41, 5.74) is 2.70. The normalized spacial score (nSPS) is 10.8. The zero-order valence-electron chi connectivity index (χ0n) is 13.8. The third-order valence-electron chi connectivity index (χ3n) is 3.64. The number of carbonyl (C=O) groups excluding carboxylic acids is 1. The van der Waals surface area contributed by atoms with Crippen LogP contribution in [-0.4, -0.2) is 17.5 Å². The molecule has 24 heavy (non-hydrogen) atoms. The van der Waals surface area contributed by atoms with Crippen molar-refractivity contribution in [3.05, 3.63) is 53.9 Å². The number of aromatic nitrogens is 1. The number of ether oxygens (including phenoxy) is 1. The van der Waals surface area contributed by atoms with Crippen LogP contribution in [0.4, 0.5) is 5.69 Å². The molecule has 3 rings (SSSR count). The summed E-state index contributed by atoms with van der Waals surface area (Å²) < 4.78 is 11.0. The van der Waals surface area contributed by atoms with Crippen molar-refractivity contribution in [2.45, 2.75) is 26.7 Å². The standard InChI is InChI=1S/C19H20N2O3/c1-3-4-11-23-16-8-5-14(6-9-16)19(22)21-15-7-10-18-17(12-15)20-13(2)24-18/h5-10,12H,3-4,11H2,1-2H3,(H,21,22). The summed E-state index contributed by atoms with van der Waals surface area (Å²) in [4.78, 5) is 16.6. The van der Waals surface area contributed by atoms with Gasteiger partial charge >= 0.3 is 0 Å². The lowest BCUT2D eigenvalue weighted by Gasteiger charge is -2.07. The van der Waals surface area contributed by atoms with Gasteiger partial charge < -0.3 is 14.5 Å². The number of anilines is 1. The molecule has 0 radical (unpaired) electrons. The zero-order valence-corrected chi connectivity index (χ0v) is 13.8. The van der Waals surface area contributed by atoms with E-state index in [-0.39, 0.29) is 5.91 Å². The maximum Gasteiger partial charge on any atom is 0.255 e. The molecule has 5 nitrogen and oxygen atoms in total. The Morgan fingerprint density at radius 1 is 1.21 bits per heavy atom. The Bertz CT molecular complexity index is 837. The molecule has 124 valence electrons. The number of fused-ring (bicyclic) bond motifs is 1. The van der Waals surface area contributed by atoms with Gasteiger partial charge in [0, 0.05) is 18.2 Å². The molecule has 0 unspecified atom stereocenters. The van der Waals surface area contributed by atoms with Gasteiger partial charge in [0.1, 0.15) is 11.3 Å². The summed E-state index contributed by atoms with van der Waals surface area (Å²) in [6, 6.07) is 12.5. The molecule has 2 aromatic carbocycles. The van der Waals surface area contributed by atoms with E-state index in [9.17, 15) is 4.79 Å². The lowest BCUT2D eigenvalue weighted by atomic mass is 10.2. The fourth-order valence-electron chi connectivity index (χ4n) is 2.36. The first-order valence-electron chi connectivity index (χ1n) is 8.07. The Morgan fingerprint density at radius 2 is 2.00 bits per heavy atom. The average molecular weight is 324 g/mol. The fourth-order valence-corrected chi connectivity index (χ4v) is 2.36. The van der Waals surface area contributed by atoms with E-state index in [0.717, 1.165) is 24.1 Å². The van der Waals surface area contributed by atoms with Gasteiger partial charge in [0.2, 0.25) is 0 Å². The molecule has 0 fully saturated rings. The largest absolute Gasteiger partial charge is 0.494 e. The maximum absolute atomic E-state index is 12.3. The summed E-state index contributed by atoms with van der Waals surface area (Å²) in [6.45, 7) is 4.61. The minimum atomic E-state index is -0.172. The molecule has 0 atom stereocenters. The number of aryl methyl sites for hydroxylation is 1. The van der Waals surface area contributed by atoms with Gasteiger partial charge in [-0.1, -0.05) is 13.3 Å². The van der Waals surface area contributed by atoms with E-state index < -0.39 is 0 Å². The minimum absolute atomic E-state index is 0.172. The number of nitrogens with one attached hydrogen (secondary N) is 1. The van der Waals surface area contributed by atoms with Gasteiger partial charge in [0.05, 0.1) is 6.61 Å². The van der Waals surface area contributed by atoms with Crippen LogP contribution >= 0.6 is 0 Å². The second-order valence-corrected chi connectivity index (χ2v) is 5.60. The predicted octanol–water partition coefficient (Wildman–Crippen LogP) is 4.57. The van der Waals surface area contributed by atoms with Gasteiger partial charge in [-0.3, -0.25) is 4.79 Å². The highest BCUT2D eigenvalue weighted by Crippen LogP contribution is 2.20. The van der Waals surface area contributed by atoms with Crippen LogP contribution in [0.25, 0.3) is 11.1 Å². The lowest BCUT2D eigenvalue weighted by molar-refractivity contribution is 0.102. The van der Waals surface area contributed by atoms with Gasteiger partial charge in [0.15, 0.2) is 11.5 Å². The molecular formula is C19H20N2O3. The van der Waals surface area contributed by atoms with Crippen molar-refractivity contribution in [1.29, 1.82) is 0 Å². The van der Waals surface area contributed by atoms with Crippen molar-refractivity contribution in [2.75, 3.05) is 11.9 Å². The molecule has 1 aromatic heterocycles. The molecule has 0 aliphatic heterocycles. The first-order valence-corrected chi connectivity index (χ1v) is 8.07. The number of unbranched alkanes of at least 4 members (excludes halogenated alkanes) is 1. The average Bonchev–Trinajstić information content (AvgIpc) is 2.95. The van der Waals surface area contributed by atoms with Crippen LogP contribution in [0.15, 0.2) is 46.9 Å². The quantitative estimate of drug-likeness (QED) is 0.675. The van der Waals surface area contributed by atoms with Crippen LogP contribution in [0.3, 0.4) is 0 Å². The Labute approximate surface area is 140 Å². The summed E-state index contributed by atoms with van der Waals surface area (Å²) in [5, 5.41) is 2.87. The number of hydrogen-bond acceptors (Lipinski definition) is 4. The Hall–Kier alpha value is -2.82. The van der Waals surface area contributed by atoms with Gasteiger partial charge in [-0.2, -0.15) is 0 Å². The highest BCUT2D eigenvalue weighted by molar-refractivity contribution is 6.04. The first kappa shape index (κ1) is 16.1. The molecule has 1 N–H and O–H groups in total. The predicted molar refractivity (Wildman–Crippen MR) is 93.5 cm³/mol. The van der Waals surface area contributed by atoms with Gasteiger partial charge in [-0.15, -0.1) is 0 Å². The number of carbonyl (C=O) groups is 1. The van der Waals surface area contributed by atoms with E-state index >= 15 is 0 Å². The van der Waals surface area contributed by atoms with E-state index in [1.807, 2.05) is 12.1 Å². The van der Waals surface area contributed by atoms with Crippen molar-refractivity contribution in [3.63, 3.8) is 0 Å². The van der Waals surface area contributed by atoms with Crippen LogP contribution < -0.4 is 10.1 Å². The van der Waals surface area contributed by atoms with Crippen LogP contribution in [0.2, 0.25) is 0 Å². The molecule has 0 spiro atoms. The van der Waals surface area contributed by atoms with E-state index in [1.165, 1.54) is 0 Å². The van der Waals surface area contributed by atoms with Crippen molar-refractivity contribution < 1.29 is 13.9 Å². The van der Waals surface area contributed by atoms with Crippen molar-refractivity contribution in [1.82, 2.24) is 4.98 Å². The summed E-state index contributed by atoms with van der Waals surface area (Å²) >= 11 is 0. The van der Waals surface area contributed by atoms with Gasteiger partial charge in [0.25, 0.3) is 5.91 Å². The molecule has 1 heterocycles. The minimum Gasteiger partial charge on any atom is -0.494 e. The number of benzene rings is 2. The smallest absolute Gasteiger partial charge is 0.255 e. The number of oxazole rings is 1. The molecule has 0 saturated carbocycles. The molecule has 5 heteroatoms. The fraction of sp³-hybridized carbons (Fsp3) is 0.263. The third-order valence-corrected chi connectivity index (χ3v) is 3.64. The summed E-state index contributed by atoms with van der Waals surface area (Å²) in [7, 11) is 0. The highest BCUT2D eigenvalue weighted by Gasteiger charge is 2.08. The van der Waals surface area contributed by atoms with Crippen LogP contribution in [0.5, 0.6) is 5.75 Å². The van der Waals surface area contributed by atoms with E-state index in [4.69, 9.17) is 9.15 Å². The molecule has 0 saturated heterocycles. The van der Waals surface area contributed by atoms with Gasteiger partial charge in [-0.05, 0) is 48.9 Å². The zero-order chi connectivity index (χ0) is 16.9. The number of hydrogen-bond donors (Lipinski definition) is 1. The van der Waals surface area contributed by atoms with Crippen molar-refractivity contribution in [3.8, 4) is 5.75 Å². The molecule has 0 aliphatic rings. The van der Waals surface area contributed by atoms with Crippen LogP contribution in [-0.2, 0) is 0 Å². The summed E-state index contributed by atoms with van der Waals surface area (Å²) in [5.74, 6) is 1.21. The Balaban J connectivity index is 1.66. The van der Waals surface area contributed by atoms with E-state index in [2.05, 4.69) is 17.2 Å². The second-order valence-electron chi connectivity index (χ2n) is 5.60. The molecule has 1 amide bonds. The lowest BCUT2D eigenvalue weighted by Crippen LogP contribution is -2.11. The number of nitrogens with zero attached hydrogens (tertiary/aromatic N) is 1. The molecular weight excluding hydrogens is 304 g/mol.